The molecular formula is C26H28N4O2. The Bertz CT molecular complexity index is 1110. The van der Waals surface area contributed by atoms with E-state index in [1.165, 1.54) is 5.56 Å². The lowest BCUT2D eigenvalue weighted by Gasteiger charge is -2.14. The molecule has 1 heterocycles. The third-order valence-electron chi connectivity index (χ3n) is 5.58. The molecule has 0 bridgehead atoms. The summed E-state index contributed by atoms with van der Waals surface area (Å²) in [6, 6.07) is 21.4. The number of amides is 2. The predicted octanol–water partition coefficient (Wildman–Crippen LogP) is 3.75. The van der Waals surface area contributed by atoms with Gasteiger partial charge < -0.3 is 20.9 Å². The Morgan fingerprint density at radius 2 is 1.75 bits per heavy atom. The normalized spacial score (nSPS) is 12.4. The van der Waals surface area contributed by atoms with E-state index in [2.05, 4.69) is 33.0 Å². The lowest BCUT2D eigenvalue weighted by Crippen LogP contribution is -2.20. The Balaban J connectivity index is 1.49. The minimum Gasteiger partial charge on any atom is -0.384 e. The molecule has 1 aliphatic rings. The van der Waals surface area contributed by atoms with Crippen LogP contribution >= 0.6 is 0 Å². The molecule has 0 saturated heterocycles. The maximum Gasteiger partial charge on any atom is 0.255 e. The van der Waals surface area contributed by atoms with Crippen molar-refractivity contribution in [3.05, 3.63) is 94.5 Å². The fourth-order valence-electron chi connectivity index (χ4n) is 3.85. The van der Waals surface area contributed by atoms with Crippen LogP contribution in [0.25, 0.3) is 0 Å². The first-order valence-corrected chi connectivity index (χ1v) is 10.8. The first-order valence-electron chi connectivity index (χ1n) is 10.8. The monoisotopic (exact) mass is 428 g/mol. The van der Waals surface area contributed by atoms with Crippen LogP contribution in [-0.2, 0) is 13.0 Å². The van der Waals surface area contributed by atoms with Crippen molar-refractivity contribution in [3.63, 3.8) is 0 Å². The number of hydrogen-bond donors (Lipinski definition) is 3. The summed E-state index contributed by atoms with van der Waals surface area (Å²) in [5, 5.41) is 9.16. The average Bonchev–Trinajstić information content (AvgIpc) is 3.18. The topological polar surface area (TPSA) is 73.5 Å². The van der Waals surface area contributed by atoms with Gasteiger partial charge >= 0.3 is 0 Å². The Kier molecular flexibility index (Phi) is 6.52. The van der Waals surface area contributed by atoms with Crippen LogP contribution in [0.5, 0.6) is 0 Å². The molecule has 4 rings (SSSR count). The molecule has 0 radical (unpaired) electrons. The van der Waals surface area contributed by atoms with Crippen molar-refractivity contribution >= 4 is 23.2 Å². The van der Waals surface area contributed by atoms with Crippen molar-refractivity contribution in [3.8, 4) is 0 Å². The zero-order valence-electron chi connectivity index (χ0n) is 18.4. The minimum atomic E-state index is -0.234. The molecule has 3 N–H and O–H groups in total. The molecule has 0 atom stereocenters. The van der Waals surface area contributed by atoms with E-state index >= 15 is 0 Å². The maximum atomic E-state index is 12.8. The highest BCUT2D eigenvalue weighted by molar-refractivity contribution is 6.10. The van der Waals surface area contributed by atoms with Crippen molar-refractivity contribution in [1.82, 2.24) is 10.2 Å². The smallest absolute Gasteiger partial charge is 0.255 e. The van der Waals surface area contributed by atoms with Gasteiger partial charge in [-0.2, -0.15) is 0 Å². The highest BCUT2D eigenvalue weighted by Gasteiger charge is 2.26. The molecule has 32 heavy (non-hydrogen) atoms. The van der Waals surface area contributed by atoms with Crippen molar-refractivity contribution in [2.45, 2.75) is 13.0 Å². The number of carbonyl (C=O) groups is 2. The van der Waals surface area contributed by atoms with Gasteiger partial charge in [-0.25, -0.2) is 0 Å². The first-order chi connectivity index (χ1) is 15.5. The van der Waals surface area contributed by atoms with Gasteiger partial charge in [0.1, 0.15) is 0 Å². The van der Waals surface area contributed by atoms with E-state index in [1.54, 1.807) is 12.1 Å². The van der Waals surface area contributed by atoms with Crippen LogP contribution < -0.4 is 16.0 Å². The van der Waals surface area contributed by atoms with Crippen LogP contribution in [0, 0.1) is 0 Å². The van der Waals surface area contributed by atoms with E-state index in [0.29, 0.717) is 23.4 Å². The summed E-state index contributed by atoms with van der Waals surface area (Å²) in [7, 11) is 4.06. The summed E-state index contributed by atoms with van der Waals surface area (Å²) < 4.78 is 0. The zero-order valence-corrected chi connectivity index (χ0v) is 18.4. The van der Waals surface area contributed by atoms with Crippen LogP contribution in [0.2, 0.25) is 0 Å². The second kappa shape index (κ2) is 9.66. The molecule has 6 nitrogen and oxygen atoms in total. The second-order valence-corrected chi connectivity index (χ2v) is 8.23. The van der Waals surface area contributed by atoms with Crippen molar-refractivity contribution in [1.29, 1.82) is 0 Å². The van der Waals surface area contributed by atoms with E-state index in [9.17, 15) is 9.59 Å². The Morgan fingerprint density at radius 3 is 2.47 bits per heavy atom. The number of nitrogens with one attached hydrogen (secondary N) is 3. The summed E-state index contributed by atoms with van der Waals surface area (Å²) in [6.07, 6.45) is 0.745. The van der Waals surface area contributed by atoms with Crippen LogP contribution in [0.1, 0.15) is 37.4 Å². The number of benzene rings is 3. The van der Waals surface area contributed by atoms with Gasteiger partial charge in [0, 0.05) is 30.9 Å². The molecule has 6 heteroatoms. The van der Waals surface area contributed by atoms with E-state index < -0.39 is 0 Å². The van der Waals surface area contributed by atoms with Gasteiger partial charge in [0.05, 0.1) is 11.3 Å². The lowest BCUT2D eigenvalue weighted by molar-refractivity contribution is 0.0966. The summed E-state index contributed by atoms with van der Waals surface area (Å²) >= 11 is 0. The summed E-state index contributed by atoms with van der Waals surface area (Å²) in [4.78, 5) is 27.5. The van der Waals surface area contributed by atoms with E-state index in [0.717, 1.165) is 36.3 Å². The third kappa shape index (κ3) is 4.98. The number of hydrogen-bond acceptors (Lipinski definition) is 4. The quantitative estimate of drug-likeness (QED) is 0.511. The van der Waals surface area contributed by atoms with Crippen LogP contribution in [-0.4, -0.2) is 43.9 Å². The second-order valence-electron chi connectivity index (χ2n) is 8.23. The minimum absolute atomic E-state index is 0.148. The number of carbonyl (C=O) groups excluding carboxylic acids is 2. The fraction of sp³-hybridized carbons (Fsp3) is 0.231. The molecule has 0 aromatic heterocycles. The lowest BCUT2D eigenvalue weighted by atomic mass is 9.96. The molecule has 0 fully saturated rings. The summed E-state index contributed by atoms with van der Waals surface area (Å²) in [5.74, 6) is -0.381. The number of likely N-dealkylation sites (N-methyl/N-ethyl adjacent to an activating group) is 1. The molecule has 0 saturated carbocycles. The molecule has 2 amide bonds. The molecule has 3 aromatic carbocycles. The fourth-order valence-corrected chi connectivity index (χ4v) is 3.85. The Morgan fingerprint density at radius 1 is 1.00 bits per heavy atom. The molecular weight excluding hydrogens is 400 g/mol. The van der Waals surface area contributed by atoms with Crippen molar-refractivity contribution < 1.29 is 9.59 Å². The zero-order chi connectivity index (χ0) is 22.5. The molecule has 164 valence electrons. The van der Waals surface area contributed by atoms with Gasteiger partial charge in [0.2, 0.25) is 0 Å². The maximum absolute atomic E-state index is 12.8. The molecule has 3 aromatic rings. The molecule has 1 aliphatic heterocycles. The molecule has 0 aliphatic carbocycles. The van der Waals surface area contributed by atoms with E-state index in [-0.39, 0.29) is 11.8 Å². The Hall–Kier alpha value is -3.64. The van der Waals surface area contributed by atoms with Crippen molar-refractivity contribution in [2.75, 3.05) is 37.8 Å². The molecule has 0 unspecified atom stereocenters. The van der Waals surface area contributed by atoms with Gasteiger partial charge in [-0.1, -0.05) is 36.4 Å². The summed E-state index contributed by atoms with van der Waals surface area (Å²) in [6.45, 7) is 2.23. The van der Waals surface area contributed by atoms with Gasteiger partial charge in [0.25, 0.3) is 11.8 Å². The highest BCUT2D eigenvalue weighted by atomic mass is 16.2. The van der Waals surface area contributed by atoms with Gasteiger partial charge in [-0.15, -0.1) is 0 Å². The third-order valence-corrected chi connectivity index (χ3v) is 5.58. The number of nitrogens with zero attached hydrogens (tertiary/aromatic N) is 1. The van der Waals surface area contributed by atoms with Gasteiger partial charge in [-0.05, 0) is 67.5 Å². The van der Waals surface area contributed by atoms with Gasteiger partial charge in [0.15, 0.2) is 0 Å². The standard InChI is InChI=1S/C26H28N4O2/c1-30(2)15-14-27-21-11-8-19(9-12-21)25(31)29-23-13-10-20(16-18-6-4-3-5-7-18)22-17-28-26(32)24(22)23/h3-13,27H,14-17H2,1-2H3,(H,28,32)(H,29,31). The van der Waals surface area contributed by atoms with Crippen LogP contribution in [0.4, 0.5) is 11.4 Å². The number of fused-ring (bicyclic) bond motifs is 1. The van der Waals surface area contributed by atoms with Crippen LogP contribution in [0.15, 0.2) is 66.7 Å². The largest absolute Gasteiger partial charge is 0.384 e. The number of anilines is 2. The van der Waals surface area contributed by atoms with E-state index in [4.69, 9.17) is 0 Å². The van der Waals surface area contributed by atoms with Crippen molar-refractivity contribution in [2.24, 2.45) is 0 Å². The predicted molar refractivity (Wildman–Crippen MR) is 128 cm³/mol. The molecule has 0 spiro atoms. The average molecular weight is 429 g/mol. The first kappa shape index (κ1) is 21.6. The van der Waals surface area contributed by atoms with E-state index in [1.807, 2.05) is 56.6 Å². The van der Waals surface area contributed by atoms with Gasteiger partial charge in [-0.3, -0.25) is 9.59 Å². The summed E-state index contributed by atoms with van der Waals surface area (Å²) in [5.41, 5.74) is 5.86. The Labute approximate surface area is 188 Å². The highest BCUT2D eigenvalue weighted by Crippen LogP contribution is 2.29. The number of rotatable bonds is 8. The SMILES string of the molecule is CN(C)CCNc1ccc(C(=O)Nc2ccc(Cc3ccccc3)c3c2C(=O)NC3)cc1. The van der Waals surface area contributed by atoms with Crippen LogP contribution in [0.3, 0.4) is 0 Å².